The van der Waals surface area contributed by atoms with Gasteiger partial charge in [0.05, 0.1) is 4.92 Å². The minimum atomic E-state index is -0.514. The number of hydrogen-bond donors (Lipinski definition) is 1. The van der Waals surface area contributed by atoms with Gasteiger partial charge >= 0.3 is 5.69 Å². The van der Waals surface area contributed by atoms with Crippen LogP contribution < -0.4 is 5.32 Å². The van der Waals surface area contributed by atoms with E-state index in [1.54, 1.807) is 0 Å². The molecule has 18 heavy (non-hydrogen) atoms. The van der Waals surface area contributed by atoms with Crippen LogP contribution >= 0.6 is 11.6 Å². The van der Waals surface area contributed by atoms with Crippen molar-refractivity contribution in [2.45, 2.75) is 6.42 Å². The predicted octanol–water partition coefficient (Wildman–Crippen LogP) is 1.40. The monoisotopic (exact) mass is 271 g/mol. The van der Waals surface area contributed by atoms with E-state index in [1.807, 2.05) is 0 Å². The van der Waals surface area contributed by atoms with Gasteiger partial charge in [-0.1, -0.05) is 0 Å². The average Bonchev–Trinajstić information content (AvgIpc) is 2.72. The molecule has 1 fully saturated rings. The topological polar surface area (TPSA) is 84.2 Å². The summed E-state index contributed by atoms with van der Waals surface area (Å²) in [6.07, 6.45) is 2.20. The van der Waals surface area contributed by atoms with Crippen molar-refractivity contribution in [3.63, 3.8) is 0 Å². The number of aromatic nitrogens is 2. The number of halogens is 1. The van der Waals surface area contributed by atoms with Gasteiger partial charge in [-0.15, -0.1) is 0 Å². The first-order chi connectivity index (χ1) is 8.56. The molecule has 0 aromatic carbocycles. The highest BCUT2D eigenvalue weighted by molar-refractivity contribution is 6.28. The molecular formula is C10H14ClN5O2. The smallest absolute Gasteiger partial charge is 0.329 e. The van der Waals surface area contributed by atoms with Gasteiger partial charge in [-0.05, 0) is 37.5 Å². The van der Waals surface area contributed by atoms with Crippen LogP contribution in [0.3, 0.4) is 0 Å². The SMILES string of the molecule is CN1CCC(CNc2nc(Cl)ncc2[N+](=O)[O-])C1. The van der Waals surface area contributed by atoms with Gasteiger partial charge in [0.2, 0.25) is 11.1 Å². The zero-order chi connectivity index (χ0) is 13.1. The fourth-order valence-electron chi connectivity index (χ4n) is 2.05. The summed E-state index contributed by atoms with van der Waals surface area (Å²) in [5, 5.41) is 13.8. The Morgan fingerprint density at radius 2 is 2.50 bits per heavy atom. The highest BCUT2D eigenvalue weighted by Crippen LogP contribution is 2.23. The minimum absolute atomic E-state index is 0.00615. The maximum absolute atomic E-state index is 10.8. The summed E-state index contributed by atoms with van der Waals surface area (Å²) < 4.78 is 0. The second-order valence-electron chi connectivity index (χ2n) is 4.43. The maximum atomic E-state index is 10.8. The van der Waals surface area contributed by atoms with Gasteiger partial charge in [0.15, 0.2) is 0 Å². The Hall–Kier alpha value is -1.47. The normalized spacial score (nSPS) is 20.0. The molecular weight excluding hydrogens is 258 g/mol. The summed E-state index contributed by atoms with van der Waals surface area (Å²) in [5.74, 6) is 0.665. The highest BCUT2D eigenvalue weighted by atomic mass is 35.5. The molecule has 2 heterocycles. The fourth-order valence-corrected chi connectivity index (χ4v) is 2.18. The van der Waals surface area contributed by atoms with Crippen LogP contribution in [0, 0.1) is 16.0 Å². The van der Waals surface area contributed by atoms with Gasteiger partial charge in [-0.25, -0.2) is 4.98 Å². The lowest BCUT2D eigenvalue weighted by Gasteiger charge is -2.12. The average molecular weight is 272 g/mol. The highest BCUT2D eigenvalue weighted by Gasteiger charge is 2.22. The number of nitrogens with zero attached hydrogens (tertiary/aromatic N) is 4. The van der Waals surface area contributed by atoms with E-state index in [1.165, 1.54) is 0 Å². The number of anilines is 1. The van der Waals surface area contributed by atoms with Crippen LogP contribution in [0.2, 0.25) is 5.28 Å². The first-order valence-corrected chi connectivity index (χ1v) is 6.03. The van der Waals surface area contributed by atoms with Crippen molar-refractivity contribution in [3.05, 3.63) is 21.6 Å². The Labute approximate surface area is 109 Å². The molecule has 2 rings (SSSR count). The van der Waals surface area contributed by atoms with Crippen molar-refractivity contribution in [2.24, 2.45) is 5.92 Å². The zero-order valence-corrected chi connectivity index (χ0v) is 10.7. The van der Waals surface area contributed by atoms with Gasteiger partial charge in [0, 0.05) is 13.1 Å². The number of rotatable bonds is 4. The van der Waals surface area contributed by atoms with E-state index in [0.717, 1.165) is 25.7 Å². The number of likely N-dealkylation sites (tertiary alicyclic amines) is 1. The van der Waals surface area contributed by atoms with Gasteiger partial charge in [0.1, 0.15) is 6.20 Å². The molecule has 0 amide bonds. The van der Waals surface area contributed by atoms with Crippen molar-refractivity contribution < 1.29 is 4.92 Å². The summed E-state index contributed by atoms with van der Waals surface area (Å²) in [6.45, 7) is 2.69. The van der Waals surface area contributed by atoms with E-state index in [4.69, 9.17) is 11.6 Å². The molecule has 0 radical (unpaired) electrons. The summed E-state index contributed by atoms with van der Waals surface area (Å²) >= 11 is 5.65. The van der Waals surface area contributed by atoms with Gasteiger partial charge < -0.3 is 10.2 Å². The standard InChI is InChI=1S/C10H14ClN5O2/c1-15-3-2-7(6-15)4-12-9-8(16(17)18)5-13-10(11)14-9/h5,7H,2-4,6H2,1H3,(H,12,13,14). The second-order valence-corrected chi connectivity index (χ2v) is 4.77. The molecule has 1 aromatic rings. The lowest BCUT2D eigenvalue weighted by Crippen LogP contribution is -2.20. The quantitative estimate of drug-likeness (QED) is 0.506. The van der Waals surface area contributed by atoms with Gasteiger partial charge in [-0.2, -0.15) is 4.98 Å². The van der Waals surface area contributed by atoms with E-state index in [-0.39, 0.29) is 16.8 Å². The number of hydrogen-bond acceptors (Lipinski definition) is 6. The molecule has 0 bridgehead atoms. The fraction of sp³-hybridized carbons (Fsp3) is 0.600. The molecule has 0 saturated carbocycles. The predicted molar refractivity (Wildman–Crippen MR) is 67.8 cm³/mol. The summed E-state index contributed by atoms with van der Waals surface area (Å²) in [4.78, 5) is 20.0. The molecule has 1 aliphatic heterocycles. The molecule has 1 saturated heterocycles. The van der Waals surface area contributed by atoms with Crippen LogP contribution in [0.25, 0.3) is 0 Å². The van der Waals surface area contributed by atoms with Crippen molar-refractivity contribution in [2.75, 3.05) is 32.0 Å². The third kappa shape index (κ3) is 3.05. The first kappa shape index (κ1) is 13.0. The molecule has 98 valence electrons. The Balaban J connectivity index is 2.04. The molecule has 1 aliphatic rings. The van der Waals surface area contributed by atoms with Gasteiger partial charge in [0.25, 0.3) is 0 Å². The second kappa shape index (κ2) is 5.45. The zero-order valence-electron chi connectivity index (χ0n) is 9.97. The molecule has 1 atom stereocenters. The van der Waals surface area contributed by atoms with Crippen LogP contribution in [-0.2, 0) is 0 Å². The molecule has 7 nitrogen and oxygen atoms in total. The van der Waals surface area contributed by atoms with Crippen molar-refractivity contribution in [1.29, 1.82) is 0 Å². The van der Waals surface area contributed by atoms with Crippen LogP contribution in [0.5, 0.6) is 0 Å². The third-order valence-electron chi connectivity index (χ3n) is 2.98. The summed E-state index contributed by atoms with van der Waals surface area (Å²) in [5.41, 5.74) is -0.147. The maximum Gasteiger partial charge on any atom is 0.329 e. The number of nitrogens with one attached hydrogen (secondary N) is 1. The lowest BCUT2D eigenvalue weighted by molar-refractivity contribution is -0.384. The summed E-state index contributed by atoms with van der Waals surface area (Å²) in [7, 11) is 2.06. The summed E-state index contributed by atoms with van der Waals surface area (Å²) in [6, 6.07) is 0. The molecule has 0 spiro atoms. The van der Waals surface area contributed by atoms with Crippen LogP contribution in [-0.4, -0.2) is 46.5 Å². The first-order valence-electron chi connectivity index (χ1n) is 5.65. The number of nitro groups is 1. The Kier molecular flexibility index (Phi) is 3.93. The minimum Gasteiger partial charge on any atom is -0.364 e. The molecule has 8 heteroatoms. The van der Waals surface area contributed by atoms with Crippen molar-refractivity contribution in [3.8, 4) is 0 Å². The van der Waals surface area contributed by atoms with Crippen LogP contribution in [0.15, 0.2) is 6.20 Å². The van der Waals surface area contributed by atoms with E-state index in [2.05, 4.69) is 27.2 Å². The van der Waals surface area contributed by atoms with Crippen LogP contribution in [0.4, 0.5) is 11.5 Å². The Bertz CT molecular complexity index is 456. The third-order valence-corrected chi connectivity index (χ3v) is 3.17. The van der Waals surface area contributed by atoms with E-state index in [9.17, 15) is 10.1 Å². The Morgan fingerprint density at radius 3 is 3.11 bits per heavy atom. The molecule has 0 aliphatic carbocycles. The molecule has 1 N–H and O–H groups in total. The lowest BCUT2D eigenvalue weighted by atomic mass is 10.1. The van der Waals surface area contributed by atoms with Crippen molar-refractivity contribution >= 4 is 23.1 Å². The van der Waals surface area contributed by atoms with E-state index < -0.39 is 4.92 Å². The molecule has 1 aromatic heterocycles. The van der Waals surface area contributed by atoms with E-state index >= 15 is 0 Å². The van der Waals surface area contributed by atoms with Gasteiger partial charge in [-0.3, -0.25) is 10.1 Å². The van der Waals surface area contributed by atoms with E-state index in [0.29, 0.717) is 12.5 Å². The van der Waals surface area contributed by atoms with Crippen molar-refractivity contribution in [1.82, 2.24) is 14.9 Å². The molecule has 1 unspecified atom stereocenters. The van der Waals surface area contributed by atoms with Crippen LogP contribution in [0.1, 0.15) is 6.42 Å². The largest absolute Gasteiger partial charge is 0.364 e. The Morgan fingerprint density at radius 1 is 1.72 bits per heavy atom.